The van der Waals surface area contributed by atoms with E-state index < -0.39 is 11.9 Å². The highest BCUT2D eigenvalue weighted by molar-refractivity contribution is 7.99. The van der Waals surface area contributed by atoms with Crippen molar-refractivity contribution in [1.82, 2.24) is 5.32 Å². The van der Waals surface area contributed by atoms with Gasteiger partial charge in [-0.2, -0.15) is 11.8 Å². The quantitative estimate of drug-likeness (QED) is 0.714. The van der Waals surface area contributed by atoms with Crippen LogP contribution >= 0.6 is 11.8 Å². The summed E-state index contributed by atoms with van der Waals surface area (Å²) < 4.78 is 0. The summed E-state index contributed by atoms with van der Waals surface area (Å²) >= 11 is 1.77. The Morgan fingerprint density at radius 1 is 1.53 bits per heavy atom. The molecule has 1 aliphatic rings. The van der Waals surface area contributed by atoms with E-state index in [1.807, 2.05) is 6.92 Å². The number of nitrogens with one attached hydrogen (secondary N) is 1. The van der Waals surface area contributed by atoms with Gasteiger partial charge in [0.2, 0.25) is 5.91 Å². The first kappa shape index (κ1) is 12.4. The highest BCUT2D eigenvalue weighted by atomic mass is 32.2. The number of hydrogen-bond donors (Lipinski definition) is 2. The number of carboxylic acid groups (broad SMARTS) is 1. The lowest BCUT2D eigenvalue weighted by Crippen LogP contribution is -2.36. The van der Waals surface area contributed by atoms with Crippen molar-refractivity contribution in [3.63, 3.8) is 0 Å². The van der Waals surface area contributed by atoms with Gasteiger partial charge in [0.1, 0.15) is 0 Å². The molecule has 0 radical (unpaired) electrons. The van der Waals surface area contributed by atoms with Crippen LogP contribution in [0.15, 0.2) is 0 Å². The molecule has 2 N–H and O–H groups in total. The number of carboxylic acids is 1. The Morgan fingerprint density at radius 3 is 2.67 bits per heavy atom. The van der Waals surface area contributed by atoms with Gasteiger partial charge < -0.3 is 10.4 Å². The van der Waals surface area contributed by atoms with Gasteiger partial charge >= 0.3 is 5.97 Å². The van der Waals surface area contributed by atoms with Gasteiger partial charge in [-0.15, -0.1) is 0 Å². The van der Waals surface area contributed by atoms with Gasteiger partial charge in [-0.05, 0) is 19.1 Å². The van der Waals surface area contributed by atoms with Crippen molar-refractivity contribution in [2.75, 3.05) is 11.5 Å². The number of carbonyl (C=O) groups excluding carboxylic acids is 1. The van der Waals surface area contributed by atoms with Gasteiger partial charge in [0.25, 0.3) is 0 Å². The minimum atomic E-state index is -0.856. The second-order valence-corrected chi connectivity index (χ2v) is 5.17. The Kier molecular flexibility index (Phi) is 4.45. The molecule has 1 amide bonds. The fourth-order valence-electron chi connectivity index (χ4n) is 1.44. The normalized spacial score (nSPS) is 25.7. The molecule has 0 aromatic carbocycles. The molecule has 1 unspecified atom stereocenters. The third kappa shape index (κ3) is 3.74. The first-order valence-corrected chi connectivity index (χ1v) is 6.32. The average Bonchev–Trinajstić information content (AvgIpc) is 2.93. The van der Waals surface area contributed by atoms with E-state index in [0.29, 0.717) is 6.42 Å². The largest absolute Gasteiger partial charge is 0.481 e. The molecule has 4 nitrogen and oxygen atoms in total. The number of rotatable bonds is 6. The van der Waals surface area contributed by atoms with E-state index in [0.717, 1.165) is 11.5 Å². The highest BCUT2D eigenvalue weighted by Crippen LogP contribution is 2.38. The summed E-state index contributed by atoms with van der Waals surface area (Å²) in [5.74, 6) is 0.207. The Bertz CT molecular complexity index is 257. The summed E-state index contributed by atoms with van der Waals surface area (Å²) in [7, 11) is 0. The number of aliphatic carboxylic acids is 1. The van der Waals surface area contributed by atoms with E-state index in [4.69, 9.17) is 5.11 Å². The van der Waals surface area contributed by atoms with Crippen LogP contribution in [0.5, 0.6) is 0 Å². The summed E-state index contributed by atoms with van der Waals surface area (Å²) in [6.07, 6.45) is 0.495. The average molecular weight is 231 g/mol. The lowest BCUT2D eigenvalue weighted by molar-refractivity contribution is -0.140. The molecule has 0 spiro atoms. The van der Waals surface area contributed by atoms with Crippen LogP contribution in [0.4, 0.5) is 0 Å². The molecule has 0 aromatic rings. The zero-order chi connectivity index (χ0) is 11.4. The highest BCUT2D eigenvalue weighted by Gasteiger charge is 2.48. The van der Waals surface area contributed by atoms with E-state index in [1.165, 1.54) is 0 Å². The van der Waals surface area contributed by atoms with Gasteiger partial charge in [0.15, 0.2) is 0 Å². The van der Waals surface area contributed by atoms with Crippen molar-refractivity contribution in [3.05, 3.63) is 0 Å². The van der Waals surface area contributed by atoms with Gasteiger partial charge in [0.05, 0.1) is 11.8 Å². The van der Waals surface area contributed by atoms with Crippen molar-refractivity contribution in [1.29, 1.82) is 0 Å². The molecule has 15 heavy (non-hydrogen) atoms. The van der Waals surface area contributed by atoms with Crippen LogP contribution in [0.1, 0.15) is 20.3 Å². The van der Waals surface area contributed by atoms with Crippen molar-refractivity contribution in [3.8, 4) is 0 Å². The van der Waals surface area contributed by atoms with E-state index in [-0.39, 0.29) is 17.9 Å². The summed E-state index contributed by atoms with van der Waals surface area (Å²) in [6, 6.07) is 0.123. The standard InChI is InChI=1S/C10H17NO3S/c1-3-15-5-6(2)11-9(12)7-4-8(7)10(13)14/h6-8H,3-5H2,1-2H3,(H,11,12)(H,13,14)/t6?,7-,8+/m1/s1. The molecule has 1 saturated carbocycles. The van der Waals surface area contributed by atoms with Crippen LogP contribution in [0.3, 0.4) is 0 Å². The molecule has 5 heteroatoms. The molecule has 0 aliphatic heterocycles. The van der Waals surface area contributed by atoms with E-state index in [9.17, 15) is 9.59 Å². The summed E-state index contributed by atoms with van der Waals surface area (Å²) in [5.41, 5.74) is 0. The Labute approximate surface area is 93.8 Å². The molecule has 0 aromatic heterocycles. The van der Waals surface area contributed by atoms with Crippen molar-refractivity contribution >= 4 is 23.6 Å². The minimum absolute atomic E-state index is 0.105. The van der Waals surface area contributed by atoms with E-state index in [2.05, 4.69) is 12.2 Å². The lowest BCUT2D eigenvalue weighted by Gasteiger charge is -2.12. The smallest absolute Gasteiger partial charge is 0.307 e. The third-order valence-electron chi connectivity index (χ3n) is 2.41. The maximum atomic E-state index is 11.5. The lowest BCUT2D eigenvalue weighted by atomic mass is 10.3. The maximum Gasteiger partial charge on any atom is 0.307 e. The number of amides is 1. The van der Waals surface area contributed by atoms with Crippen LogP contribution in [0.25, 0.3) is 0 Å². The molecule has 1 rings (SSSR count). The first-order valence-electron chi connectivity index (χ1n) is 5.17. The van der Waals surface area contributed by atoms with Crippen LogP contribution in [-0.4, -0.2) is 34.5 Å². The SMILES string of the molecule is CCSCC(C)NC(=O)[C@@H]1C[C@@H]1C(=O)O. The van der Waals surface area contributed by atoms with Crippen LogP contribution < -0.4 is 5.32 Å². The molecule has 1 aliphatic carbocycles. The van der Waals surface area contributed by atoms with Crippen LogP contribution in [0, 0.1) is 11.8 Å². The maximum absolute atomic E-state index is 11.5. The van der Waals surface area contributed by atoms with Crippen LogP contribution in [0.2, 0.25) is 0 Å². The molecule has 86 valence electrons. The molecular formula is C10H17NO3S. The van der Waals surface area contributed by atoms with E-state index in [1.54, 1.807) is 11.8 Å². The van der Waals surface area contributed by atoms with Gasteiger partial charge in [-0.1, -0.05) is 6.92 Å². The van der Waals surface area contributed by atoms with Gasteiger partial charge in [-0.25, -0.2) is 0 Å². The Balaban J connectivity index is 2.22. The topological polar surface area (TPSA) is 66.4 Å². The minimum Gasteiger partial charge on any atom is -0.481 e. The molecule has 0 bridgehead atoms. The second kappa shape index (κ2) is 5.39. The van der Waals surface area contributed by atoms with Gasteiger partial charge in [0, 0.05) is 11.8 Å². The van der Waals surface area contributed by atoms with Crippen molar-refractivity contribution in [2.45, 2.75) is 26.3 Å². The molecule has 1 fully saturated rings. The van der Waals surface area contributed by atoms with Crippen molar-refractivity contribution in [2.24, 2.45) is 11.8 Å². The molecule has 0 heterocycles. The molecule has 3 atom stereocenters. The fourth-order valence-corrected chi connectivity index (χ4v) is 2.12. The Hall–Kier alpha value is -0.710. The number of thioether (sulfide) groups is 1. The van der Waals surface area contributed by atoms with Crippen molar-refractivity contribution < 1.29 is 14.7 Å². The third-order valence-corrected chi connectivity index (χ3v) is 3.55. The summed E-state index contributed by atoms with van der Waals surface area (Å²) in [4.78, 5) is 22.1. The number of carbonyl (C=O) groups is 2. The number of hydrogen-bond acceptors (Lipinski definition) is 3. The van der Waals surface area contributed by atoms with Gasteiger partial charge in [-0.3, -0.25) is 9.59 Å². The summed E-state index contributed by atoms with van der Waals surface area (Å²) in [5, 5.41) is 11.5. The second-order valence-electron chi connectivity index (χ2n) is 3.86. The predicted octanol–water partition coefficient (Wildman–Crippen LogP) is 0.965. The van der Waals surface area contributed by atoms with E-state index >= 15 is 0 Å². The van der Waals surface area contributed by atoms with Crippen LogP contribution in [-0.2, 0) is 9.59 Å². The first-order chi connectivity index (χ1) is 7.06. The molecule has 0 saturated heterocycles. The zero-order valence-corrected chi connectivity index (χ0v) is 9.84. The monoisotopic (exact) mass is 231 g/mol. The summed E-state index contributed by atoms with van der Waals surface area (Å²) in [6.45, 7) is 4.01. The fraction of sp³-hybridized carbons (Fsp3) is 0.800. The predicted molar refractivity (Wildman–Crippen MR) is 59.8 cm³/mol. The zero-order valence-electron chi connectivity index (χ0n) is 9.03. The Morgan fingerprint density at radius 2 is 2.20 bits per heavy atom. The molecular weight excluding hydrogens is 214 g/mol.